The molecule has 1 aromatic carbocycles. The first-order valence-electron chi connectivity index (χ1n) is 6.39. The maximum atomic E-state index is 11.2. The fourth-order valence-electron chi connectivity index (χ4n) is 1.66. The van der Waals surface area contributed by atoms with E-state index in [9.17, 15) is 14.9 Å². The number of likely N-dealkylation sites (N-methyl/N-ethyl adjacent to an activating group) is 1. The van der Waals surface area contributed by atoms with Crippen LogP contribution in [-0.4, -0.2) is 47.1 Å². The van der Waals surface area contributed by atoms with Gasteiger partial charge in [0.25, 0.3) is 5.69 Å². The Morgan fingerprint density at radius 1 is 1.52 bits per heavy atom. The van der Waals surface area contributed by atoms with E-state index in [0.29, 0.717) is 19.1 Å². The largest absolute Gasteiger partial charge is 0.478 e. The second kappa shape index (κ2) is 7.24. The third kappa shape index (κ3) is 4.57. The summed E-state index contributed by atoms with van der Waals surface area (Å²) in [6.07, 6.45) is 0. The van der Waals surface area contributed by atoms with E-state index in [1.54, 1.807) is 0 Å². The van der Waals surface area contributed by atoms with Crippen LogP contribution in [0.5, 0.6) is 0 Å². The van der Waals surface area contributed by atoms with Gasteiger partial charge in [0.05, 0.1) is 21.2 Å². The number of carboxylic acids is 1. The lowest BCUT2D eigenvalue weighted by atomic mass is 10.1. The van der Waals surface area contributed by atoms with E-state index in [1.807, 2.05) is 20.9 Å². The van der Waals surface area contributed by atoms with Crippen molar-refractivity contribution in [3.8, 4) is 0 Å². The Hall–Kier alpha value is -1.86. The molecule has 0 fully saturated rings. The van der Waals surface area contributed by atoms with Gasteiger partial charge in [-0.1, -0.05) is 11.6 Å². The van der Waals surface area contributed by atoms with Crippen LogP contribution in [0.3, 0.4) is 0 Å². The van der Waals surface area contributed by atoms with Gasteiger partial charge in [0.1, 0.15) is 0 Å². The molecule has 0 unspecified atom stereocenters. The van der Waals surface area contributed by atoms with Gasteiger partial charge in [-0.05, 0) is 20.9 Å². The zero-order valence-electron chi connectivity index (χ0n) is 12.1. The molecular weight excluding hydrogens is 298 g/mol. The first-order chi connectivity index (χ1) is 9.73. The summed E-state index contributed by atoms with van der Waals surface area (Å²) in [6, 6.07) is 2.50. The monoisotopic (exact) mass is 315 g/mol. The van der Waals surface area contributed by atoms with Crippen molar-refractivity contribution in [1.82, 2.24) is 4.90 Å². The van der Waals surface area contributed by atoms with Gasteiger partial charge in [0.2, 0.25) is 0 Å². The number of anilines is 1. The van der Waals surface area contributed by atoms with Crippen molar-refractivity contribution in [2.45, 2.75) is 19.9 Å². The zero-order chi connectivity index (χ0) is 16.2. The topological polar surface area (TPSA) is 95.7 Å². The number of halogens is 1. The standard InChI is InChI=1S/C13H18ClN3O4/c1-8(2)16(3)5-4-15-12-10(13(18)19)6-9(17(20)21)7-11(12)14/h6-8,15H,4-5H2,1-3H3,(H,18,19). The first kappa shape index (κ1) is 17.2. The van der Waals surface area contributed by atoms with Crippen LogP contribution in [0.15, 0.2) is 12.1 Å². The Bertz CT molecular complexity index is 548. The smallest absolute Gasteiger partial charge is 0.338 e. The highest BCUT2D eigenvalue weighted by molar-refractivity contribution is 6.34. The summed E-state index contributed by atoms with van der Waals surface area (Å²) in [5.74, 6) is -1.26. The fraction of sp³-hybridized carbons (Fsp3) is 0.462. The van der Waals surface area contributed by atoms with Crippen molar-refractivity contribution in [2.75, 3.05) is 25.5 Å². The van der Waals surface area contributed by atoms with Gasteiger partial charge in [-0.15, -0.1) is 0 Å². The average Bonchev–Trinajstić information content (AvgIpc) is 2.39. The van der Waals surface area contributed by atoms with Crippen LogP contribution in [0.2, 0.25) is 5.02 Å². The molecule has 0 aliphatic heterocycles. The Kier molecular flexibility index (Phi) is 5.92. The number of rotatable bonds is 7. The predicted octanol–water partition coefficient (Wildman–Crippen LogP) is 2.70. The van der Waals surface area contributed by atoms with E-state index in [2.05, 4.69) is 10.2 Å². The number of non-ortho nitro benzene ring substituents is 1. The van der Waals surface area contributed by atoms with Crippen LogP contribution in [-0.2, 0) is 0 Å². The summed E-state index contributed by atoms with van der Waals surface area (Å²) >= 11 is 5.96. The van der Waals surface area contributed by atoms with E-state index in [-0.39, 0.29) is 22.0 Å². The molecule has 0 bridgehead atoms. The van der Waals surface area contributed by atoms with Crippen molar-refractivity contribution in [2.24, 2.45) is 0 Å². The van der Waals surface area contributed by atoms with Gasteiger partial charge in [0, 0.05) is 31.3 Å². The number of hydrogen-bond acceptors (Lipinski definition) is 5. The number of carbonyl (C=O) groups is 1. The minimum atomic E-state index is -1.26. The molecule has 8 heteroatoms. The first-order valence-corrected chi connectivity index (χ1v) is 6.77. The summed E-state index contributed by atoms with van der Waals surface area (Å²) < 4.78 is 0. The number of nitro benzene ring substituents is 1. The number of hydrogen-bond donors (Lipinski definition) is 2. The Labute approximate surface area is 127 Å². The Morgan fingerprint density at radius 3 is 2.62 bits per heavy atom. The van der Waals surface area contributed by atoms with Crippen molar-refractivity contribution < 1.29 is 14.8 Å². The second-order valence-electron chi connectivity index (χ2n) is 4.91. The quantitative estimate of drug-likeness (QED) is 0.593. The lowest BCUT2D eigenvalue weighted by molar-refractivity contribution is -0.384. The van der Waals surface area contributed by atoms with E-state index < -0.39 is 10.9 Å². The molecular formula is C13H18ClN3O4. The van der Waals surface area contributed by atoms with Gasteiger partial charge in [-0.25, -0.2) is 4.79 Å². The Morgan fingerprint density at radius 2 is 2.14 bits per heavy atom. The minimum Gasteiger partial charge on any atom is -0.478 e. The van der Waals surface area contributed by atoms with Crippen molar-refractivity contribution in [3.05, 3.63) is 32.8 Å². The van der Waals surface area contributed by atoms with Crippen LogP contribution in [0.4, 0.5) is 11.4 Å². The highest BCUT2D eigenvalue weighted by atomic mass is 35.5. The molecule has 0 radical (unpaired) electrons. The number of nitro groups is 1. The average molecular weight is 316 g/mol. The molecule has 0 amide bonds. The molecule has 116 valence electrons. The molecule has 0 saturated heterocycles. The van der Waals surface area contributed by atoms with E-state index >= 15 is 0 Å². The van der Waals surface area contributed by atoms with E-state index in [1.165, 1.54) is 0 Å². The highest BCUT2D eigenvalue weighted by Crippen LogP contribution is 2.31. The van der Waals surface area contributed by atoms with Crippen LogP contribution in [0, 0.1) is 10.1 Å². The number of aromatic carboxylic acids is 1. The predicted molar refractivity (Wildman–Crippen MR) is 81.3 cm³/mol. The summed E-state index contributed by atoms with van der Waals surface area (Å²) in [5.41, 5.74) is -0.351. The minimum absolute atomic E-state index is 0.0220. The molecule has 0 aliphatic rings. The van der Waals surface area contributed by atoms with Gasteiger partial charge >= 0.3 is 5.97 Å². The highest BCUT2D eigenvalue weighted by Gasteiger charge is 2.20. The molecule has 1 rings (SSSR count). The zero-order valence-corrected chi connectivity index (χ0v) is 12.8. The van der Waals surface area contributed by atoms with Gasteiger partial charge in [0.15, 0.2) is 0 Å². The summed E-state index contributed by atoms with van der Waals surface area (Å²) in [5, 5.41) is 22.9. The number of benzene rings is 1. The summed E-state index contributed by atoms with van der Waals surface area (Å²) in [7, 11) is 1.95. The fourth-order valence-corrected chi connectivity index (χ4v) is 1.94. The maximum absolute atomic E-state index is 11.2. The van der Waals surface area contributed by atoms with Crippen molar-refractivity contribution in [1.29, 1.82) is 0 Å². The third-order valence-electron chi connectivity index (χ3n) is 3.16. The van der Waals surface area contributed by atoms with Crippen LogP contribution in [0.1, 0.15) is 24.2 Å². The normalized spacial score (nSPS) is 11.0. The number of nitrogens with zero attached hydrogens (tertiary/aromatic N) is 2. The number of nitrogens with one attached hydrogen (secondary N) is 1. The molecule has 0 aromatic heterocycles. The summed E-state index contributed by atoms with van der Waals surface area (Å²) in [4.78, 5) is 23.4. The SMILES string of the molecule is CC(C)N(C)CCNc1c(Cl)cc([N+](=O)[O-])cc1C(=O)O. The maximum Gasteiger partial charge on any atom is 0.338 e. The lowest BCUT2D eigenvalue weighted by Gasteiger charge is -2.21. The van der Waals surface area contributed by atoms with Gasteiger partial charge < -0.3 is 15.3 Å². The molecule has 0 heterocycles. The van der Waals surface area contributed by atoms with Crippen LogP contribution < -0.4 is 5.32 Å². The lowest BCUT2D eigenvalue weighted by Crippen LogP contribution is -2.31. The van der Waals surface area contributed by atoms with Gasteiger partial charge in [-0.3, -0.25) is 10.1 Å². The molecule has 0 aliphatic carbocycles. The molecule has 21 heavy (non-hydrogen) atoms. The molecule has 7 nitrogen and oxygen atoms in total. The van der Waals surface area contributed by atoms with Gasteiger partial charge in [-0.2, -0.15) is 0 Å². The molecule has 0 saturated carbocycles. The second-order valence-corrected chi connectivity index (χ2v) is 5.32. The number of carboxylic acid groups (broad SMARTS) is 1. The Balaban J connectivity index is 2.96. The van der Waals surface area contributed by atoms with Crippen molar-refractivity contribution in [3.63, 3.8) is 0 Å². The van der Waals surface area contributed by atoms with Crippen LogP contribution >= 0.6 is 11.6 Å². The van der Waals surface area contributed by atoms with Crippen LogP contribution in [0.25, 0.3) is 0 Å². The molecule has 2 N–H and O–H groups in total. The van der Waals surface area contributed by atoms with Crippen molar-refractivity contribution >= 4 is 28.9 Å². The van der Waals surface area contributed by atoms with E-state index in [4.69, 9.17) is 16.7 Å². The molecule has 1 aromatic rings. The summed E-state index contributed by atoms with van der Waals surface area (Å²) in [6.45, 7) is 5.25. The molecule has 0 atom stereocenters. The molecule has 0 spiro atoms. The third-order valence-corrected chi connectivity index (χ3v) is 3.46. The van der Waals surface area contributed by atoms with E-state index in [0.717, 1.165) is 12.1 Å².